The summed E-state index contributed by atoms with van der Waals surface area (Å²) >= 11 is 0. The minimum atomic E-state index is -0.121. The van der Waals surface area contributed by atoms with Crippen LogP contribution < -0.4 is 10.6 Å². The molecular weight excluding hydrogens is 378 g/mol. The van der Waals surface area contributed by atoms with E-state index in [0.29, 0.717) is 25.1 Å². The second kappa shape index (κ2) is 7.51. The van der Waals surface area contributed by atoms with E-state index in [4.69, 9.17) is 0 Å². The number of rotatable bonds is 5. The zero-order valence-electron chi connectivity index (χ0n) is 16.3. The van der Waals surface area contributed by atoms with Crippen molar-refractivity contribution in [2.45, 2.75) is 12.8 Å². The fourth-order valence-electron chi connectivity index (χ4n) is 4.08. The molecule has 0 spiro atoms. The first kappa shape index (κ1) is 18.2. The quantitative estimate of drug-likeness (QED) is 0.415. The Hall–Kier alpha value is -3.87. The largest absolute Gasteiger partial charge is 0.361 e. The molecule has 4 aromatic rings. The number of imidazole rings is 1. The molecule has 0 saturated heterocycles. The second-order valence-corrected chi connectivity index (χ2v) is 7.36. The van der Waals surface area contributed by atoms with Gasteiger partial charge in [-0.3, -0.25) is 9.59 Å². The van der Waals surface area contributed by atoms with Gasteiger partial charge in [0.25, 0.3) is 11.8 Å². The molecule has 150 valence electrons. The van der Waals surface area contributed by atoms with Crippen molar-refractivity contribution in [3.8, 4) is 11.4 Å². The van der Waals surface area contributed by atoms with E-state index in [1.165, 1.54) is 0 Å². The van der Waals surface area contributed by atoms with E-state index in [2.05, 4.69) is 25.6 Å². The summed E-state index contributed by atoms with van der Waals surface area (Å²) in [4.78, 5) is 35.4. The van der Waals surface area contributed by atoms with E-state index in [9.17, 15) is 9.59 Å². The van der Waals surface area contributed by atoms with Crippen LogP contribution in [0.5, 0.6) is 0 Å². The Morgan fingerprint density at radius 3 is 2.97 bits per heavy atom. The van der Waals surface area contributed by atoms with E-state index >= 15 is 0 Å². The monoisotopic (exact) mass is 399 g/mol. The maximum Gasteiger partial charge on any atom is 0.251 e. The van der Waals surface area contributed by atoms with Gasteiger partial charge in [-0.25, -0.2) is 4.98 Å². The molecule has 2 aromatic heterocycles. The van der Waals surface area contributed by atoms with E-state index in [0.717, 1.165) is 45.4 Å². The van der Waals surface area contributed by atoms with Crippen LogP contribution in [0.1, 0.15) is 31.8 Å². The molecule has 0 radical (unpaired) electrons. The van der Waals surface area contributed by atoms with Gasteiger partial charge < -0.3 is 20.6 Å². The number of carbonyl (C=O) groups is 2. The van der Waals surface area contributed by atoms with Crippen LogP contribution in [0.3, 0.4) is 0 Å². The van der Waals surface area contributed by atoms with Crippen molar-refractivity contribution in [1.82, 2.24) is 25.6 Å². The van der Waals surface area contributed by atoms with Crippen molar-refractivity contribution in [3.05, 3.63) is 77.2 Å². The summed E-state index contributed by atoms with van der Waals surface area (Å²) in [5.41, 5.74) is 5.43. The number of nitrogens with zero attached hydrogens (tertiary/aromatic N) is 1. The van der Waals surface area contributed by atoms with E-state index in [-0.39, 0.29) is 11.8 Å². The number of fused-ring (bicyclic) bond motifs is 3. The third kappa shape index (κ3) is 3.24. The molecule has 2 aromatic carbocycles. The number of aromatic nitrogens is 3. The van der Waals surface area contributed by atoms with Gasteiger partial charge in [0.2, 0.25) is 0 Å². The molecule has 30 heavy (non-hydrogen) atoms. The number of amides is 2. The molecular formula is C23H21N5O2. The molecule has 7 heteroatoms. The highest BCUT2D eigenvalue weighted by Crippen LogP contribution is 2.28. The lowest BCUT2D eigenvalue weighted by molar-refractivity contribution is 0.0941. The number of carbonyl (C=O) groups excluding carboxylic acids is 2. The van der Waals surface area contributed by atoms with Crippen LogP contribution in [0, 0.1) is 0 Å². The number of hydrogen-bond acceptors (Lipinski definition) is 3. The maximum absolute atomic E-state index is 12.6. The standard InChI is InChI=1S/C23H21N5O2/c29-22(15-3-1-2-14(12-15)21-24-10-11-25-21)26-8-6-16-13-28-19-5-4-18-17(20(16)19)7-9-27-23(18)30/h1-5,10-13,28H,6-9H2,(H,24,25)(H,26,29)(H,27,30). The summed E-state index contributed by atoms with van der Waals surface area (Å²) in [6.07, 6.45) is 6.91. The zero-order chi connectivity index (χ0) is 20.5. The lowest BCUT2D eigenvalue weighted by Crippen LogP contribution is -2.32. The number of hydrogen-bond donors (Lipinski definition) is 4. The fraction of sp³-hybridized carbons (Fsp3) is 0.174. The summed E-state index contributed by atoms with van der Waals surface area (Å²) in [5.74, 6) is 0.594. The Morgan fingerprint density at radius 1 is 1.17 bits per heavy atom. The maximum atomic E-state index is 12.6. The first-order chi connectivity index (χ1) is 14.7. The average Bonchev–Trinajstić information content (AvgIpc) is 3.44. The lowest BCUT2D eigenvalue weighted by Gasteiger charge is -2.18. The number of nitrogens with one attached hydrogen (secondary N) is 4. The van der Waals surface area contributed by atoms with Crippen LogP contribution in [0.15, 0.2) is 55.0 Å². The fourth-order valence-corrected chi connectivity index (χ4v) is 4.08. The number of benzene rings is 2. The normalized spacial score (nSPS) is 13.1. The molecule has 1 aliphatic rings. The molecule has 2 amide bonds. The van der Waals surface area contributed by atoms with Gasteiger partial charge >= 0.3 is 0 Å². The summed E-state index contributed by atoms with van der Waals surface area (Å²) in [5, 5.41) is 7.00. The van der Waals surface area contributed by atoms with Gasteiger partial charge in [0, 0.05) is 59.3 Å². The molecule has 3 heterocycles. The summed E-state index contributed by atoms with van der Waals surface area (Å²) < 4.78 is 0. The summed E-state index contributed by atoms with van der Waals surface area (Å²) in [6.45, 7) is 1.16. The Bertz CT molecular complexity index is 1240. The molecule has 0 fully saturated rings. The predicted molar refractivity (Wildman–Crippen MR) is 114 cm³/mol. The Kier molecular flexibility index (Phi) is 4.55. The second-order valence-electron chi connectivity index (χ2n) is 7.36. The first-order valence-electron chi connectivity index (χ1n) is 9.99. The first-order valence-corrected chi connectivity index (χ1v) is 9.99. The third-order valence-electron chi connectivity index (χ3n) is 5.52. The van der Waals surface area contributed by atoms with Crippen molar-refractivity contribution in [2.24, 2.45) is 0 Å². The molecule has 0 bridgehead atoms. The van der Waals surface area contributed by atoms with Crippen molar-refractivity contribution in [2.75, 3.05) is 13.1 Å². The zero-order valence-corrected chi connectivity index (χ0v) is 16.3. The highest BCUT2D eigenvalue weighted by atomic mass is 16.2. The van der Waals surface area contributed by atoms with Gasteiger partial charge in [-0.2, -0.15) is 0 Å². The molecule has 0 aliphatic carbocycles. The van der Waals surface area contributed by atoms with Crippen LogP contribution in [0.2, 0.25) is 0 Å². The van der Waals surface area contributed by atoms with Gasteiger partial charge in [-0.05, 0) is 48.2 Å². The SMILES string of the molecule is O=C(NCCc1c[nH]c2ccc3c(c12)CCNC3=O)c1cccc(-c2ncc[nH]2)c1. The van der Waals surface area contributed by atoms with E-state index in [1.54, 1.807) is 18.5 Å². The van der Waals surface area contributed by atoms with Gasteiger partial charge in [-0.15, -0.1) is 0 Å². The molecule has 4 N–H and O–H groups in total. The number of aromatic amines is 2. The minimum absolute atomic E-state index is 0.0185. The van der Waals surface area contributed by atoms with Crippen LogP contribution in [0.25, 0.3) is 22.3 Å². The highest BCUT2D eigenvalue weighted by molar-refractivity contribution is 6.03. The summed E-state index contributed by atoms with van der Waals surface area (Å²) in [6, 6.07) is 11.2. The molecule has 0 saturated carbocycles. The van der Waals surface area contributed by atoms with E-state index < -0.39 is 0 Å². The van der Waals surface area contributed by atoms with Gasteiger partial charge in [0.1, 0.15) is 5.82 Å². The average molecular weight is 399 g/mol. The molecule has 0 unspecified atom stereocenters. The van der Waals surface area contributed by atoms with Crippen molar-refractivity contribution >= 4 is 22.7 Å². The minimum Gasteiger partial charge on any atom is -0.361 e. The predicted octanol–water partition coefficient (Wildman–Crippen LogP) is 2.82. The Morgan fingerprint density at radius 2 is 2.10 bits per heavy atom. The lowest BCUT2D eigenvalue weighted by atomic mass is 9.94. The molecule has 1 aliphatic heterocycles. The van der Waals surface area contributed by atoms with Gasteiger partial charge in [-0.1, -0.05) is 12.1 Å². The Balaban J connectivity index is 1.31. The third-order valence-corrected chi connectivity index (χ3v) is 5.52. The summed E-state index contributed by atoms with van der Waals surface area (Å²) in [7, 11) is 0. The topological polar surface area (TPSA) is 103 Å². The molecule has 0 atom stereocenters. The van der Waals surface area contributed by atoms with Crippen LogP contribution >= 0.6 is 0 Å². The van der Waals surface area contributed by atoms with E-state index in [1.807, 2.05) is 36.5 Å². The smallest absolute Gasteiger partial charge is 0.251 e. The van der Waals surface area contributed by atoms with Crippen LogP contribution in [-0.2, 0) is 12.8 Å². The highest BCUT2D eigenvalue weighted by Gasteiger charge is 2.21. The van der Waals surface area contributed by atoms with Gasteiger partial charge in [0.05, 0.1) is 0 Å². The number of H-pyrrole nitrogens is 2. The molecule has 7 nitrogen and oxygen atoms in total. The molecule has 5 rings (SSSR count). The van der Waals surface area contributed by atoms with Crippen LogP contribution in [0.4, 0.5) is 0 Å². The van der Waals surface area contributed by atoms with Crippen molar-refractivity contribution in [3.63, 3.8) is 0 Å². The van der Waals surface area contributed by atoms with Crippen LogP contribution in [-0.4, -0.2) is 39.9 Å². The van der Waals surface area contributed by atoms with Gasteiger partial charge in [0.15, 0.2) is 0 Å². The van der Waals surface area contributed by atoms with Crippen molar-refractivity contribution < 1.29 is 9.59 Å². The van der Waals surface area contributed by atoms with Crippen molar-refractivity contribution in [1.29, 1.82) is 0 Å². The Labute approximate surface area is 172 Å².